The van der Waals surface area contributed by atoms with Crippen LogP contribution in [0.4, 0.5) is 13.2 Å². The fourth-order valence-electron chi connectivity index (χ4n) is 2.49. The molecule has 0 heterocycles. The van der Waals surface area contributed by atoms with Crippen LogP contribution in [0.2, 0.25) is 0 Å². The molecule has 2 atom stereocenters. The van der Waals surface area contributed by atoms with Gasteiger partial charge in [-0.15, -0.1) is 0 Å². The van der Waals surface area contributed by atoms with E-state index in [2.05, 4.69) is 15.9 Å². The number of hydrogen-bond acceptors (Lipinski definition) is 1. The summed E-state index contributed by atoms with van der Waals surface area (Å²) in [7, 11) is 0. The third kappa shape index (κ3) is 1.75. The van der Waals surface area contributed by atoms with Gasteiger partial charge >= 0.3 is 6.18 Å². The molecule has 0 aliphatic heterocycles. The molecule has 1 fully saturated rings. The van der Waals surface area contributed by atoms with Gasteiger partial charge in [0.1, 0.15) is 0 Å². The third-order valence-electron chi connectivity index (χ3n) is 3.22. The lowest BCUT2D eigenvalue weighted by Crippen LogP contribution is -2.40. The van der Waals surface area contributed by atoms with Gasteiger partial charge in [-0.3, -0.25) is 4.79 Å². The average molecular weight is 283 g/mol. The maximum absolute atomic E-state index is 12.2. The van der Waals surface area contributed by atoms with Crippen LogP contribution in [0.25, 0.3) is 0 Å². The van der Waals surface area contributed by atoms with Gasteiger partial charge in [0.2, 0.25) is 0 Å². The highest BCUT2D eigenvalue weighted by atomic mass is 79.9. The molecule has 2 aliphatic rings. The molecule has 0 unspecified atom stereocenters. The SMILES string of the molecule is O=C(C1=C(Br)[C@H]2CCCC[C@@H]12)C(F)(F)F. The Morgan fingerprint density at radius 1 is 1.20 bits per heavy atom. The topological polar surface area (TPSA) is 17.1 Å². The monoisotopic (exact) mass is 282 g/mol. The van der Waals surface area contributed by atoms with Gasteiger partial charge in [0, 0.05) is 10.1 Å². The number of allylic oxidation sites excluding steroid dienone is 2. The van der Waals surface area contributed by atoms with Crippen molar-refractivity contribution in [3.8, 4) is 0 Å². The Morgan fingerprint density at radius 2 is 1.73 bits per heavy atom. The molecule has 0 radical (unpaired) electrons. The van der Waals surface area contributed by atoms with E-state index in [0.29, 0.717) is 4.48 Å². The van der Waals surface area contributed by atoms with E-state index in [-0.39, 0.29) is 17.4 Å². The summed E-state index contributed by atoms with van der Waals surface area (Å²) >= 11 is 3.12. The maximum atomic E-state index is 12.2. The van der Waals surface area contributed by atoms with Crippen molar-refractivity contribution in [2.24, 2.45) is 11.8 Å². The zero-order chi connectivity index (χ0) is 11.2. The summed E-state index contributed by atoms with van der Waals surface area (Å²) in [6.45, 7) is 0. The van der Waals surface area contributed by atoms with Crippen LogP contribution in [-0.2, 0) is 4.79 Å². The fourth-order valence-corrected chi connectivity index (χ4v) is 3.51. The zero-order valence-corrected chi connectivity index (χ0v) is 9.49. The van der Waals surface area contributed by atoms with E-state index in [0.717, 1.165) is 25.7 Å². The van der Waals surface area contributed by atoms with Crippen molar-refractivity contribution < 1.29 is 18.0 Å². The van der Waals surface area contributed by atoms with Gasteiger partial charge in [-0.25, -0.2) is 0 Å². The van der Waals surface area contributed by atoms with Crippen molar-refractivity contribution in [3.63, 3.8) is 0 Å². The standard InChI is InChI=1S/C10H10BrF3O/c11-8-6-4-2-1-3-5(6)7(8)9(15)10(12,13)14/h5-6H,1-4H2/t5-,6+/m1/s1. The van der Waals surface area contributed by atoms with Crippen molar-refractivity contribution in [1.29, 1.82) is 0 Å². The molecule has 0 aromatic rings. The van der Waals surface area contributed by atoms with E-state index in [1.165, 1.54) is 0 Å². The van der Waals surface area contributed by atoms with E-state index >= 15 is 0 Å². The minimum absolute atomic E-state index is 0.0211. The molecule has 5 heteroatoms. The van der Waals surface area contributed by atoms with Crippen LogP contribution in [0.3, 0.4) is 0 Å². The number of Topliss-reactive ketones (excluding diaryl/α,β-unsaturated/α-hetero) is 1. The number of hydrogen-bond donors (Lipinski definition) is 0. The summed E-state index contributed by atoms with van der Waals surface area (Å²) in [6, 6.07) is 0. The molecule has 0 aromatic heterocycles. The highest BCUT2D eigenvalue weighted by molar-refractivity contribution is 9.11. The summed E-state index contributed by atoms with van der Waals surface area (Å²) < 4.78 is 37.2. The van der Waals surface area contributed by atoms with Crippen LogP contribution in [0.5, 0.6) is 0 Å². The number of fused-ring (bicyclic) bond motifs is 1. The quantitative estimate of drug-likeness (QED) is 0.718. The molecule has 0 saturated heterocycles. The van der Waals surface area contributed by atoms with E-state index in [1.54, 1.807) is 0 Å². The summed E-state index contributed by atoms with van der Waals surface area (Å²) in [4.78, 5) is 11.1. The fraction of sp³-hybridized carbons (Fsp3) is 0.700. The number of ketones is 1. The Kier molecular flexibility index (Phi) is 2.69. The number of carbonyl (C=O) groups excluding carboxylic acids is 1. The van der Waals surface area contributed by atoms with E-state index in [9.17, 15) is 18.0 Å². The lowest BCUT2D eigenvalue weighted by molar-refractivity contribution is -0.168. The Bertz CT molecular complexity index is 332. The highest BCUT2D eigenvalue weighted by Crippen LogP contribution is 2.53. The maximum Gasteiger partial charge on any atom is 0.454 e. The van der Waals surface area contributed by atoms with E-state index in [1.807, 2.05) is 0 Å². The number of halogens is 4. The van der Waals surface area contributed by atoms with Gasteiger partial charge in [0.25, 0.3) is 5.78 Å². The second-order valence-corrected chi connectivity index (χ2v) is 4.94. The minimum atomic E-state index is -4.73. The van der Waals surface area contributed by atoms with Crippen LogP contribution in [0.1, 0.15) is 25.7 Å². The van der Waals surface area contributed by atoms with E-state index in [4.69, 9.17) is 0 Å². The van der Waals surface area contributed by atoms with Crippen molar-refractivity contribution in [2.75, 3.05) is 0 Å². The molecule has 84 valence electrons. The first-order valence-electron chi connectivity index (χ1n) is 4.94. The lowest BCUT2D eigenvalue weighted by Gasteiger charge is -2.42. The largest absolute Gasteiger partial charge is 0.454 e. The van der Waals surface area contributed by atoms with Crippen molar-refractivity contribution in [1.82, 2.24) is 0 Å². The van der Waals surface area contributed by atoms with Gasteiger partial charge < -0.3 is 0 Å². The molecule has 1 nitrogen and oxygen atoms in total. The van der Waals surface area contributed by atoms with Crippen molar-refractivity contribution >= 4 is 21.7 Å². The molecular weight excluding hydrogens is 273 g/mol. The Hall–Kier alpha value is -0.320. The zero-order valence-electron chi connectivity index (χ0n) is 7.90. The molecule has 0 N–H and O–H groups in total. The number of alkyl halides is 3. The number of carbonyl (C=O) groups is 1. The summed E-state index contributed by atoms with van der Waals surface area (Å²) in [5.41, 5.74) is -0.0211. The first kappa shape index (κ1) is 11.2. The van der Waals surface area contributed by atoms with Crippen molar-refractivity contribution in [3.05, 3.63) is 10.1 Å². The predicted octanol–water partition coefficient (Wildman–Crippen LogP) is 3.59. The predicted molar refractivity (Wildman–Crippen MR) is 52.5 cm³/mol. The van der Waals surface area contributed by atoms with Gasteiger partial charge in [0.15, 0.2) is 0 Å². The molecule has 1 saturated carbocycles. The lowest BCUT2D eigenvalue weighted by atomic mass is 9.65. The second kappa shape index (κ2) is 3.61. The van der Waals surface area contributed by atoms with Gasteiger partial charge in [-0.1, -0.05) is 28.8 Å². The van der Waals surface area contributed by atoms with Gasteiger partial charge in [-0.2, -0.15) is 13.2 Å². The molecular formula is C10H10BrF3O. The minimum Gasteiger partial charge on any atom is -0.284 e. The first-order chi connectivity index (χ1) is 6.93. The molecule has 0 amide bonds. The van der Waals surface area contributed by atoms with Crippen LogP contribution in [0.15, 0.2) is 10.1 Å². The summed E-state index contributed by atoms with van der Waals surface area (Å²) in [6.07, 6.45) is -1.13. The molecule has 2 aliphatic carbocycles. The molecule has 0 bridgehead atoms. The third-order valence-corrected chi connectivity index (χ3v) is 4.24. The molecule has 0 aromatic carbocycles. The van der Waals surface area contributed by atoms with Crippen LogP contribution in [0, 0.1) is 11.8 Å². The normalized spacial score (nSPS) is 30.9. The van der Waals surface area contributed by atoms with Gasteiger partial charge in [0.05, 0.1) is 0 Å². The smallest absolute Gasteiger partial charge is 0.284 e. The average Bonchev–Trinajstić information content (AvgIpc) is 2.16. The molecule has 2 rings (SSSR count). The molecule has 15 heavy (non-hydrogen) atoms. The summed E-state index contributed by atoms with van der Waals surface area (Å²) in [5, 5.41) is 0. The Balaban J connectivity index is 2.23. The number of rotatable bonds is 1. The van der Waals surface area contributed by atoms with Crippen LogP contribution >= 0.6 is 15.9 Å². The highest BCUT2D eigenvalue weighted by Gasteiger charge is 2.51. The van der Waals surface area contributed by atoms with Gasteiger partial charge in [-0.05, 0) is 24.7 Å². The Morgan fingerprint density at radius 3 is 2.27 bits per heavy atom. The van der Waals surface area contributed by atoms with Crippen LogP contribution in [-0.4, -0.2) is 12.0 Å². The first-order valence-corrected chi connectivity index (χ1v) is 5.73. The van der Waals surface area contributed by atoms with Crippen molar-refractivity contribution in [2.45, 2.75) is 31.9 Å². The molecule has 0 spiro atoms. The second-order valence-electron chi connectivity index (χ2n) is 4.09. The van der Waals surface area contributed by atoms with Crippen LogP contribution < -0.4 is 0 Å². The Labute approximate surface area is 93.8 Å². The van der Waals surface area contributed by atoms with E-state index < -0.39 is 12.0 Å². The summed E-state index contributed by atoms with van der Waals surface area (Å²) in [5.74, 6) is -1.64.